The van der Waals surface area contributed by atoms with Gasteiger partial charge < -0.3 is 5.32 Å². The molecule has 0 spiro atoms. The van der Waals surface area contributed by atoms with Gasteiger partial charge in [0.05, 0.1) is 5.69 Å². The lowest BCUT2D eigenvalue weighted by Gasteiger charge is -2.17. The van der Waals surface area contributed by atoms with E-state index in [0.29, 0.717) is 6.54 Å². The van der Waals surface area contributed by atoms with E-state index in [9.17, 15) is 4.79 Å². The van der Waals surface area contributed by atoms with Gasteiger partial charge in [0, 0.05) is 24.9 Å². The monoisotopic (exact) mass is 295 g/mol. The van der Waals surface area contributed by atoms with Gasteiger partial charge in [0.1, 0.15) is 0 Å². The third-order valence-electron chi connectivity index (χ3n) is 4.06. The van der Waals surface area contributed by atoms with Crippen molar-refractivity contribution in [2.45, 2.75) is 25.7 Å². The Morgan fingerprint density at radius 3 is 2.82 bits per heavy atom. The van der Waals surface area contributed by atoms with Gasteiger partial charge in [-0.25, -0.2) is 4.68 Å². The molecule has 0 aliphatic heterocycles. The maximum absolute atomic E-state index is 12.0. The zero-order chi connectivity index (χ0) is 15.2. The van der Waals surface area contributed by atoms with Crippen LogP contribution in [0.15, 0.2) is 54.9 Å². The number of nitrogens with one attached hydrogen (secondary N) is 1. The van der Waals surface area contributed by atoms with Crippen LogP contribution in [-0.2, 0) is 11.2 Å². The van der Waals surface area contributed by atoms with Gasteiger partial charge in [-0.3, -0.25) is 4.79 Å². The van der Waals surface area contributed by atoms with Crippen LogP contribution in [0.4, 0.5) is 0 Å². The van der Waals surface area contributed by atoms with E-state index in [4.69, 9.17) is 0 Å². The summed E-state index contributed by atoms with van der Waals surface area (Å²) in [6.07, 6.45) is 11.7. The van der Waals surface area contributed by atoms with E-state index in [1.54, 1.807) is 6.20 Å². The van der Waals surface area contributed by atoms with Crippen molar-refractivity contribution in [2.75, 3.05) is 6.54 Å². The van der Waals surface area contributed by atoms with Crippen LogP contribution in [0.2, 0.25) is 0 Å². The first-order valence-corrected chi connectivity index (χ1v) is 7.84. The fraction of sp³-hybridized carbons (Fsp3) is 0.333. The molecule has 4 heteroatoms. The van der Waals surface area contributed by atoms with Crippen molar-refractivity contribution in [3.05, 3.63) is 60.4 Å². The number of hydrogen-bond donors (Lipinski definition) is 1. The van der Waals surface area contributed by atoms with Gasteiger partial charge in [-0.2, -0.15) is 5.10 Å². The van der Waals surface area contributed by atoms with E-state index < -0.39 is 0 Å². The molecule has 0 saturated carbocycles. The van der Waals surface area contributed by atoms with E-state index in [2.05, 4.69) is 46.8 Å². The standard InChI is InChI=1S/C18H21N3O/c22-18(16-5-2-1-3-6-16)19-13-11-15-7-9-17(10-8-15)21-14-4-12-20-21/h1-2,4,7-10,12,14,16H,3,5-6,11,13H2,(H,19,22)/t16-/m1/s1. The van der Waals surface area contributed by atoms with Crippen molar-refractivity contribution in [3.63, 3.8) is 0 Å². The summed E-state index contributed by atoms with van der Waals surface area (Å²) in [6, 6.07) is 10.2. The normalized spacial score (nSPS) is 17.4. The number of benzene rings is 1. The van der Waals surface area contributed by atoms with E-state index in [1.807, 2.05) is 16.9 Å². The summed E-state index contributed by atoms with van der Waals surface area (Å²) < 4.78 is 1.84. The summed E-state index contributed by atoms with van der Waals surface area (Å²) in [6.45, 7) is 0.695. The second kappa shape index (κ2) is 7.07. The topological polar surface area (TPSA) is 46.9 Å². The predicted molar refractivity (Wildman–Crippen MR) is 86.8 cm³/mol. The Morgan fingerprint density at radius 1 is 1.27 bits per heavy atom. The van der Waals surface area contributed by atoms with Crippen molar-refractivity contribution in [1.82, 2.24) is 15.1 Å². The van der Waals surface area contributed by atoms with Gasteiger partial charge in [0.25, 0.3) is 0 Å². The van der Waals surface area contributed by atoms with Crippen LogP contribution in [0.1, 0.15) is 24.8 Å². The van der Waals surface area contributed by atoms with Crippen LogP contribution >= 0.6 is 0 Å². The third-order valence-corrected chi connectivity index (χ3v) is 4.06. The Morgan fingerprint density at radius 2 is 2.14 bits per heavy atom. The summed E-state index contributed by atoms with van der Waals surface area (Å²) in [5.41, 5.74) is 2.27. The van der Waals surface area contributed by atoms with Crippen molar-refractivity contribution in [1.29, 1.82) is 0 Å². The highest BCUT2D eigenvalue weighted by Gasteiger charge is 2.17. The minimum absolute atomic E-state index is 0.159. The smallest absolute Gasteiger partial charge is 0.223 e. The average molecular weight is 295 g/mol. The number of allylic oxidation sites excluding steroid dienone is 2. The fourth-order valence-corrected chi connectivity index (χ4v) is 2.74. The zero-order valence-corrected chi connectivity index (χ0v) is 12.6. The number of aromatic nitrogens is 2. The molecule has 1 atom stereocenters. The Kier molecular flexibility index (Phi) is 4.68. The largest absolute Gasteiger partial charge is 0.356 e. The summed E-state index contributed by atoms with van der Waals surface area (Å²) in [5.74, 6) is 0.352. The minimum atomic E-state index is 0.159. The molecule has 0 fully saturated rings. The highest BCUT2D eigenvalue weighted by molar-refractivity contribution is 5.78. The number of carbonyl (C=O) groups excluding carboxylic acids is 1. The van der Waals surface area contributed by atoms with Gasteiger partial charge >= 0.3 is 0 Å². The molecule has 1 aliphatic rings. The second-order valence-electron chi connectivity index (χ2n) is 5.64. The van der Waals surface area contributed by atoms with Crippen LogP contribution in [0.3, 0.4) is 0 Å². The molecule has 114 valence electrons. The number of amides is 1. The zero-order valence-electron chi connectivity index (χ0n) is 12.6. The Balaban J connectivity index is 1.47. The van der Waals surface area contributed by atoms with Gasteiger partial charge in [-0.15, -0.1) is 0 Å². The Hall–Kier alpha value is -2.36. The van der Waals surface area contributed by atoms with E-state index >= 15 is 0 Å². The molecule has 1 amide bonds. The molecule has 0 radical (unpaired) electrons. The Labute approximate surface area is 130 Å². The summed E-state index contributed by atoms with van der Waals surface area (Å²) in [5, 5.41) is 7.26. The molecule has 1 heterocycles. The predicted octanol–water partition coefficient (Wildman–Crippen LogP) is 2.89. The summed E-state index contributed by atoms with van der Waals surface area (Å²) in [7, 11) is 0. The molecular formula is C18H21N3O. The quantitative estimate of drug-likeness (QED) is 0.862. The Bertz CT molecular complexity index is 629. The SMILES string of the molecule is O=C(NCCc1ccc(-n2cccn2)cc1)[C@@H]1CC=CCC1. The molecule has 22 heavy (non-hydrogen) atoms. The first-order valence-electron chi connectivity index (χ1n) is 7.84. The molecule has 2 aromatic rings. The van der Waals surface area contributed by atoms with Crippen LogP contribution in [0.5, 0.6) is 0 Å². The molecule has 0 saturated heterocycles. The molecule has 4 nitrogen and oxygen atoms in total. The number of hydrogen-bond acceptors (Lipinski definition) is 2. The summed E-state index contributed by atoms with van der Waals surface area (Å²) >= 11 is 0. The first-order chi connectivity index (χ1) is 10.8. The van der Waals surface area contributed by atoms with E-state index in [0.717, 1.165) is 31.4 Å². The lowest BCUT2D eigenvalue weighted by Crippen LogP contribution is -2.32. The van der Waals surface area contributed by atoms with Crippen LogP contribution in [0.25, 0.3) is 5.69 Å². The van der Waals surface area contributed by atoms with Gasteiger partial charge in [-0.05, 0) is 49.4 Å². The van der Waals surface area contributed by atoms with Crippen molar-refractivity contribution < 1.29 is 4.79 Å². The van der Waals surface area contributed by atoms with E-state index in [-0.39, 0.29) is 11.8 Å². The lowest BCUT2D eigenvalue weighted by atomic mass is 9.93. The fourth-order valence-electron chi connectivity index (χ4n) is 2.74. The van der Waals surface area contributed by atoms with Crippen LogP contribution < -0.4 is 5.32 Å². The van der Waals surface area contributed by atoms with Crippen LogP contribution in [-0.4, -0.2) is 22.2 Å². The highest BCUT2D eigenvalue weighted by atomic mass is 16.1. The van der Waals surface area contributed by atoms with Crippen molar-refractivity contribution in [2.24, 2.45) is 5.92 Å². The molecule has 0 unspecified atom stereocenters. The van der Waals surface area contributed by atoms with Crippen molar-refractivity contribution >= 4 is 5.91 Å². The van der Waals surface area contributed by atoms with Crippen LogP contribution in [0, 0.1) is 5.92 Å². The molecule has 1 aromatic heterocycles. The highest BCUT2D eigenvalue weighted by Crippen LogP contribution is 2.18. The van der Waals surface area contributed by atoms with E-state index in [1.165, 1.54) is 5.56 Å². The van der Waals surface area contributed by atoms with Crippen molar-refractivity contribution in [3.8, 4) is 5.69 Å². The molecule has 1 aromatic carbocycles. The van der Waals surface area contributed by atoms with Gasteiger partial charge in [0.15, 0.2) is 0 Å². The molecule has 1 aliphatic carbocycles. The number of rotatable bonds is 5. The minimum Gasteiger partial charge on any atom is -0.356 e. The lowest BCUT2D eigenvalue weighted by molar-refractivity contribution is -0.125. The molecule has 1 N–H and O–H groups in total. The maximum atomic E-state index is 12.0. The number of nitrogens with zero attached hydrogens (tertiary/aromatic N) is 2. The summed E-state index contributed by atoms with van der Waals surface area (Å²) in [4.78, 5) is 12.0. The third kappa shape index (κ3) is 3.64. The molecule has 3 rings (SSSR count). The maximum Gasteiger partial charge on any atom is 0.223 e. The molecule has 0 bridgehead atoms. The average Bonchev–Trinajstić information content (AvgIpc) is 3.11. The number of carbonyl (C=O) groups is 1. The van der Waals surface area contributed by atoms with Gasteiger partial charge in [0.2, 0.25) is 5.91 Å². The molecular weight excluding hydrogens is 274 g/mol. The first kappa shape index (κ1) is 14.6. The second-order valence-corrected chi connectivity index (χ2v) is 5.64. The van der Waals surface area contributed by atoms with Gasteiger partial charge in [-0.1, -0.05) is 24.3 Å².